The summed E-state index contributed by atoms with van der Waals surface area (Å²) in [7, 11) is 0. The number of hydrogen-bond donors (Lipinski definition) is 1. The van der Waals surface area contributed by atoms with Crippen LogP contribution in [0.1, 0.15) is 24.4 Å². The Hall–Kier alpha value is -2.40. The van der Waals surface area contributed by atoms with Crippen LogP contribution in [0.3, 0.4) is 0 Å². The lowest BCUT2D eigenvalue weighted by Crippen LogP contribution is -2.45. The Bertz CT molecular complexity index is 668. The number of halogens is 1. The van der Waals surface area contributed by atoms with Crippen molar-refractivity contribution < 1.29 is 13.9 Å². The second kappa shape index (κ2) is 7.45. The predicted molar refractivity (Wildman–Crippen MR) is 90.0 cm³/mol. The summed E-state index contributed by atoms with van der Waals surface area (Å²) in [6.45, 7) is 1.23. The SMILES string of the molecule is NC(C(=O)N1CCC(Oc2ccc(F)cc2)CC1)c1ccccc1. The van der Waals surface area contributed by atoms with Gasteiger partial charge in [-0.15, -0.1) is 0 Å². The minimum absolute atomic E-state index is 0.0347. The van der Waals surface area contributed by atoms with Crippen LogP contribution < -0.4 is 10.5 Å². The monoisotopic (exact) mass is 328 g/mol. The highest BCUT2D eigenvalue weighted by Gasteiger charge is 2.27. The smallest absolute Gasteiger partial charge is 0.244 e. The first-order valence-electron chi connectivity index (χ1n) is 8.15. The molecule has 0 aliphatic carbocycles. The zero-order chi connectivity index (χ0) is 16.9. The van der Waals surface area contributed by atoms with E-state index in [0.717, 1.165) is 18.4 Å². The zero-order valence-corrected chi connectivity index (χ0v) is 13.4. The van der Waals surface area contributed by atoms with E-state index < -0.39 is 6.04 Å². The van der Waals surface area contributed by atoms with E-state index in [1.165, 1.54) is 12.1 Å². The number of carbonyl (C=O) groups excluding carboxylic acids is 1. The van der Waals surface area contributed by atoms with Crippen LogP contribution in [0.25, 0.3) is 0 Å². The number of nitrogens with zero attached hydrogens (tertiary/aromatic N) is 1. The van der Waals surface area contributed by atoms with Crippen molar-refractivity contribution in [3.8, 4) is 5.75 Å². The van der Waals surface area contributed by atoms with Crippen molar-refractivity contribution in [1.82, 2.24) is 4.90 Å². The van der Waals surface area contributed by atoms with E-state index in [0.29, 0.717) is 18.8 Å². The van der Waals surface area contributed by atoms with Gasteiger partial charge in [0.15, 0.2) is 0 Å². The minimum atomic E-state index is -0.624. The highest BCUT2D eigenvalue weighted by atomic mass is 19.1. The van der Waals surface area contributed by atoms with E-state index in [-0.39, 0.29) is 17.8 Å². The molecule has 2 aromatic rings. The predicted octanol–water partition coefficient (Wildman–Crippen LogP) is 2.90. The highest BCUT2D eigenvalue weighted by Crippen LogP contribution is 2.21. The lowest BCUT2D eigenvalue weighted by molar-refractivity contribution is -0.134. The van der Waals surface area contributed by atoms with Crippen LogP contribution in [0.15, 0.2) is 54.6 Å². The first kappa shape index (κ1) is 16.5. The molecule has 2 aromatic carbocycles. The van der Waals surface area contributed by atoms with E-state index in [4.69, 9.17) is 10.5 Å². The van der Waals surface area contributed by atoms with Crippen LogP contribution in [0.4, 0.5) is 4.39 Å². The van der Waals surface area contributed by atoms with Crippen molar-refractivity contribution in [2.45, 2.75) is 25.0 Å². The van der Waals surface area contributed by atoms with E-state index in [2.05, 4.69) is 0 Å². The van der Waals surface area contributed by atoms with E-state index in [1.54, 1.807) is 17.0 Å². The summed E-state index contributed by atoms with van der Waals surface area (Å²) in [5, 5.41) is 0. The molecule has 0 radical (unpaired) electrons. The van der Waals surface area contributed by atoms with Gasteiger partial charge in [0.1, 0.15) is 23.7 Å². The Morgan fingerprint density at radius 1 is 1.08 bits per heavy atom. The molecule has 1 saturated heterocycles. The lowest BCUT2D eigenvalue weighted by atomic mass is 10.0. The average molecular weight is 328 g/mol. The summed E-state index contributed by atoms with van der Waals surface area (Å²) < 4.78 is 18.8. The normalized spacial score (nSPS) is 16.7. The van der Waals surface area contributed by atoms with Crippen molar-refractivity contribution in [2.24, 2.45) is 5.73 Å². The summed E-state index contributed by atoms with van der Waals surface area (Å²) in [6, 6.07) is 14.8. The second-order valence-corrected chi connectivity index (χ2v) is 5.98. The molecule has 1 aliphatic heterocycles. The third kappa shape index (κ3) is 3.92. The summed E-state index contributed by atoms with van der Waals surface area (Å²) >= 11 is 0. The summed E-state index contributed by atoms with van der Waals surface area (Å²) in [6.07, 6.45) is 1.52. The molecule has 1 aliphatic rings. The van der Waals surface area contributed by atoms with Crippen LogP contribution in [0, 0.1) is 5.82 Å². The van der Waals surface area contributed by atoms with Crippen LogP contribution >= 0.6 is 0 Å². The molecule has 1 heterocycles. The maximum Gasteiger partial charge on any atom is 0.244 e. The Labute approximate surface area is 141 Å². The van der Waals surface area contributed by atoms with Gasteiger partial charge in [0.25, 0.3) is 0 Å². The molecule has 0 aromatic heterocycles. The number of piperidine rings is 1. The molecule has 1 amide bonds. The molecule has 0 saturated carbocycles. The van der Waals surface area contributed by atoms with Gasteiger partial charge in [-0.3, -0.25) is 4.79 Å². The molecule has 126 valence electrons. The fourth-order valence-corrected chi connectivity index (χ4v) is 2.90. The third-order valence-corrected chi connectivity index (χ3v) is 4.29. The molecule has 24 heavy (non-hydrogen) atoms. The van der Waals surface area contributed by atoms with Crippen LogP contribution in [0.5, 0.6) is 5.75 Å². The van der Waals surface area contributed by atoms with Gasteiger partial charge in [-0.1, -0.05) is 30.3 Å². The summed E-state index contributed by atoms with van der Waals surface area (Å²) in [5.41, 5.74) is 6.91. The zero-order valence-electron chi connectivity index (χ0n) is 13.4. The molecule has 4 nitrogen and oxygen atoms in total. The first-order chi connectivity index (χ1) is 11.6. The molecule has 0 spiro atoms. The highest BCUT2D eigenvalue weighted by molar-refractivity contribution is 5.83. The molecular formula is C19H21FN2O2. The third-order valence-electron chi connectivity index (χ3n) is 4.29. The fourth-order valence-electron chi connectivity index (χ4n) is 2.90. The van der Waals surface area contributed by atoms with Crippen molar-refractivity contribution in [3.63, 3.8) is 0 Å². The van der Waals surface area contributed by atoms with Crippen LogP contribution in [-0.2, 0) is 4.79 Å². The van der Waals surface area contributed by atoms with Crippen LogP contribution in [-0.4, -0.2) is 30.0 Å². The van der Waals surface area contributed by atoms with E-state index >= 15 is 0 Å². The second-order valence-electron chi connectivity index (χ2n) is 5.98. The summed E-state index contributed by atoms with van der Waals surface area (Å²) in [5.74, 6) is 0.321. The van der Waals surface area contributed by atoms with Gasteiger partial charge < -0.3 is 15.4 Å². The Kier molecular flexibility index (Phi) is 5.11. The number of carbonyl (C=O) groups is 1. The Morgan fingerprint density at radius 2 is 1.71 bits per heavy atom. The Morgan fingerprint density at radius 3 is 2.33 bits per heavy atom. The number of ether oxygens (including phenoxy) is 1. The minimum Gasteiger partial charge on any atom is -0.490 e. The molecule has 0 bridgehead atoms. The van der Waals surface area contributed by atoms with Gasteiger partial charge >= 0.3 is 0 Å². The quantitative estimate of drug-likeness (QED) is 0.939. The number of benzene rings is 2. The number of hydrogen-bond acceptors (Lipinski definition) is 3. The topological polar surface area (TPSA) is 55.6 Å². The van der Waals surface area contributed by atoms with E-state index in [1.807, 2.05) is 30.3 Å². The Balaban J connectivity index is 1.53. The first-order valence-corrected chi connectivity index (χ1v) is 8.15. The maximum absolute atomic E-state index is 12.9. The largest absolute Gasteiger partial charge is 0.490 e. The van der Waals surface area contributed by atoms with Gasteiger partial charge in [-0.2, -0.15) is 0 Å². The molecular weight excluding hydrogens is 307 g/mol. The van der Waals surface area contributed by atoms with Gasteiger partial charge in [0.2, 0.25) is 5.91 Å². The van der Waals surface area contributed by atoms with Crippen molar-refractivity contribution >= 4 is 5.91 Å². The molecule has 5 heteroatoms. The number of rotatable bonds is 4. The maximum atomic E-state index is 12.9. The number of amides is 1. The number of likely N-dealkylation sites (tertiary alicyclic amines) is 1. The average Bonchev–Trinajstić information content (AvgIpc) is 2.64. The van der Waals surface area contributed by atoms with Gasteiger partial charge in [0, 0.05) is 25.9 Å². The molecule has 1 fully saturated rings. The van der Waals surface area contributed by atoms with Gasteiger partial charge in [-0.05, 0) is 29.8 Å². The fraction of sp³-hybridized carbons (Fsp3) is 0.316. The van der Waals surface area contributed by atoms with Gasteiger partial charge in [-0.25, -0.2) is 4.39 Å². The lowest BCUT2D eigenvalue weighted by Gasteiger charge is -2.33. The van der Waals surface area contributed by atoms with Crippen LogP contribution in [0.2, 0.25) is 0 Å². The number of nitrogens with two attached hydrogens (primary N) is 1. The van der Waals surface area contributed by atoms with Crippen molar-refractivity contribution in [2.75, 3.05) is 13.1 Å². The molecule has 3 rings (SSSR count). The summed E-state index contributed by atoms with van der Waals surface area (Å²) in [4.78, 5) is 14.3. The van der Waals surface area contributed by atoms with Crippen molar-refractivity contribution in [3.05, 3.63) is 66.0 Å². The van der Waals surface area contributed by atoms with Crippen molar-refractivity contribution in [1.29, 1.82) is 0 Å². The molecule has 1 unspecified atom stereocenters. The molecule has 2 N–H and O–H groups in total. The van der Waals surface area contributed by atoms with E-state index in [9.17, 15) is 9.18 Å². The molecule has 1 atom stereocenters. The van der Waals surface area contributed by atoms with Gasteiger partial charge in [0.05, 0.1) is 0 Å². The standard InChI is InChI=1S/C19H21FN2O2/c20-15-6-8-16(9-7-15)24-17-10-12-22(13-11-17)19(23)18(21)14-4-2-1-3-5-14/h1-9,17-18H,10-13,21H2.